The molecule has 77 heavy (non-hydrogen) atoms. The quantitative estimate of drug-likeness (QED) is 0.118. The SMILES string of the molecule is CC(C)(C)c1ccnc(-n2c3ccccc3c3ccc(Oc4cccc(-n5[c-][n+](-c6cc(-c7cc8ccc7CCc7ccc(cc7)CC8)cc(-c7cc8ccc7CCc7ccc(cc7)CC8)c6)c6ccccc65)c4)cc32)c1. The van der Waals surface area contributed by atoms with Crippen LogP contribution in [0.2, 0.25) is 0 Å². The molecule has 5 heteroatoms. The van der Waals surface area contributed by atoms with Crippen LogP contribution in [0.25, 0.3) is 72.3 Å². The highest BCUT2D eigenvalue weighted by Gasteiger charge is 2.21. The van der Waals surface area contributed by atoms with Gasteiger partial charge in [-0.05, 0) is 196 Å². The van der Waals surface area contributed by atoms with Crippen LogP contribution in [0.1, 0.15) is 70.8 Å². The van der Waals surface area contributed by atoms with Crippen LogP contribution in [0.15, 0.2) is 212 Å². The van der Waals surface area contributed by atoms with E-state index in [1.807, 2.05) is 12.3 Å². The first-order chi connectivity index (χ1) is 37.7. The maximum atomic E-state index is 6.84. The van der Waals surface area contributed by atoms with Crippen molar-refractivity contribution in [3.63, 3.8) is 0 Å². The first kappa shape index (κ1) is 46.7. The van der Waals surface area contributed by atoms with Crippen LogP contribution in [0.5, 0.6) is 11.5 Å². The third kappa shape index (κ3) is 9.00. The molecule has 0 fully saturated rings. The van der Waals surface area contributed by atoms with Crippen LogP contribution >= 0.6 is 0 Å². The van der Waals surface area contributed by atoms with E-state index in [1.54, 1.807) is 0 Å². The molecule has 0 aliphatic heterocycles. The summed E-state index contributed by atoms with van der Waals surface area (Å²) in [5.41, 5.74) is 23.7. The molecule has 0 radical (unpaired) electrons. The maximum Gasteiger partial charge on any atom is 0.269 e. The van der Waals surface area contributed by atoms with E-state index in [-0.39, 0.29) is 5.41 Å². The van der Waals surface area contributed by atoms with E-state index in [9.17, 15) is 0 Å². The highest BCUT2D eigenvalue weighted by Crippen LogP contribution is 2.39. The second-order valence-corrected chi connectivity index (χ2v) is 22.4. The zero-order valence-corrected chi connectivity index (χ0v) is 44.1. The third-order valence-corrected chi connectivity index (χ3v) is 16.3. The first-order valence-electron chi connectivity index (χ1n) is 27.5. The van der Waals surface area contributed by atoms with Gasteiger partial charge in [0, 0.05) is 23.0 Å². The molecule has 374 valence electrons. The zero-order valence-electron chi connectivity index (χ0n) is 44.1. The molecule has 0 saturated heterocycles. The van der Waals surface area contributed by atoms with Crippen molar-refractivity contribution in [1.82, 2.24) is 14.1 Å². The van der Waals surface area contributed by atoms with Gasteiger partial charge in [-0.25, -0.2) is 4.98 Å². The number of hydrogen-bond donors (Lipinski definition) is 0. The van der Waals surface area contributed by atoms with Crippen molar-refractivity contribution in [2.24, 2.45) is 0 Å². The van der Waals surface area contributed by atoms with Crippen LogP contribution in [-0.2, 0) is 56.8 Å². The van der Waals surface area contributed by atoms with Crippen molar-refractivity contribution in [2.75, 3.05) is 0 Å². The summed E-state index contributed by atoms with van der Waals surface area (Å²) in [6.45, 7) is 6.74. The molecule has 8 bridgehead atoms. The van der Waals surface area contributed by atoms with E-state index in [1.165, 1.54) is 77.7 Å². The van der Waals surface area contributed by atoms with E-state index < -0.39 is 0 Å². The molecule has 3 heterocycles. The number of fused-ring (bicyclic) bond motifs is 4. The number of imidazole rings is 1. The van der Waals surface area contributed by atoms with Crippen LogP contribution in [0.4, 0.5) is 0 Å². The summed E-state index contributed by atoms with van der Waals surface area (Å²) in [5.74, 6) is 2.39. The molecular weight excluding hydrogens is 937 g/mol. The van der Waals surface area contributed by atoms with Gasteiger partial charge in [-0.15, -0.1) is 0 Å². The Kier molecular flexibility index (Phi) is 11.6. The second-order valence-electron chi connectivity index (χ2n) is 22.4. The molecule has 20 rings (SSSR count). The van der Waals surface area contributed by atoms with E-state index in [2.05, 4.69) is 241 Å². The van der Waals surface area contributed by atoms with Gasteiger partial charge in [0.05, 0.1) is 33.4 Å². The molecule has 5 nitrogen and oxygen atoms in total. The lowest BCUT2D eigenvalue weighted by atomic mass is 9.87. The zero-order chi connectivity index (χ0) is 51.6. The van der Waals surface area contributed by atoms with Gasteiger partial charge in [0.2, 0.25) is 0 Å². The Hall–Kier alpha value is -8.80. The Labute approximate surface area is 451 Å². The lowest BCUT2D eigenvalue weighted by Gasteiger charge is -2.20. The number of aryl methyl sites for hydroxylation is 8. The molecule has 8 aliphatic rings. The van der Waals surface area contributed by atoms with Crippen LogP contribution < -0.4 is 9.30 Å². The van der Waals surface area contributed by atoms with Gasteiger partial charge < -0.3 is 4.74 Å². The Bertz CT molecular complexity index is 4100. The van der Waals surface area contributed by atoms with Crippen molar-refractivity contribution in [3.8, 4) is 50.9 Å². The predicted octanol–water partition coefficient (Wildman–Crippen LogP) is 16.4. The van der Waals surface area contributed by atoms with Crippen molar-refractivity contribution in [3.05, 3.63) is 269 Å². The molecule has 0 saturated carbocycles. The summed E-state index contributed by atoms with van der Waals surface area (Å²) < 4.78 is 13.6. The number of pyridine rings is 1. The maximum absolute atomic E-state index is 6.84. The number of aromatic nitrogens is 4. The summed E-state index contributed by atoms with van der Waals surface area (Å²) in [6.07, 6.45) is 13.8. The lowest BCUT2D eigenvalue weighted by molar-refractivity contribution is -0.572. The Morgan fingerprint density at radius 3 is 1.66 bits per heavy atom. The van der Waals surface area contributed by atoms with Crippen molar-refractivity contribution in [1.29, 1.82) is 0 Å². The van der Waals surface area contributed by atoms with E-state index >= 15 is 0 Å². The topological polar surface area (TPSA) is 35.9 Å². The molecule has 9 aromatic carbocycles. The fourth-order valence-corrected chi connectivity index (χ4v) is 12.0. The fraction of sp³-hybridized carbons (Fsp3) is 0.167. The van der Waals surface area contributed by atoms with Crippen molar-refractivity contribution in [2.45, 2.75) is 77.6 Å². The van der Waals surface area contributed by atoms with E-state index in [4.69, 9.17) is 9.72 Å². The first-order valence-corrected chi connectivity index (χ1v) is 27.5. The van der Waals surface area contributed by atoms with Crippen molar-refractivity contribution >= 4 is 32.8 Å². The fourth-order valence-electron chi connectivity index (χ4n) is 12.0. The average molecular weight is 997 g/mol. The molecule has 0 N–H and O–H groups in total. The summed E-state index contributed by atoms with van der Waals surface area (Å²) in [4.78, 5) is 4.92. The summed E-state index contributed by atoms with van der Waals surface area (Å²) in [6, 6.07) is 76.9. The van der Waals surface area contributed by atoms with Gasteiger partial charge in [0.25, 0.3) is 6.33 Å². The van der Waals surface area contributed by atoms with Crippen molar-refractivity contribution < 1.29 is 9.30 Å². The predicted molar refractivity (Wildman–Crippen MR) is 314 cm³/mol. The average Bonchev–Trinajstić information content (AvgIpc) is 4.01. The molecule has 0 atom stereocenters. The molecule has 0 amide bonds. The standard InChI is InChI=1S/C72H60N4O/c1-72(2,3)58-37-38-73-71(44-58)76-67-12-5-4-11-63(67)64-36-35-62(46-70(64)76)77-61-10-8-9-59(45-61)74-47-75(69-14-7-6-13-68(69)74)60-42-56(65-39-52-25-23-48-15-19-50(20-16-48)27-31-54(65)33-29-52)41-57(43-60)66-40-53-26-24-49-17-21-51(22-18-49)28-32-55(66)34-30-53/h4-22,29-30,33-46H,23-28,31-32H2,1-3H3. The molecular formula is C72H60N4O. The Morgan fingerprint density at radius 1 is 0.455 bits per heavy atom. The highest BCUT2D eigenvalue weighted by atomic mass is 16.5. The molecule has 3 aromatic heterocycles. The normalized spacial score (nSPS) is 13.5. The van der Waals surface area contributed by atoms with Gasteiger partial charge in [0.15, 0.2) is 0 Å². The third-order valence-electron chi connectivity index (χ3n) is 16.3. The molecule has 8 aliphatic carbocycles. The van der Waals surface area contributed by atoms with Gasteiger partial charge in [-0.3, -0.25) is 13.7 Å². The molecule has 0 unspecified atom stereocenters. The lowest BCUT2D eigenvalue weighted by Crippen LogP contribution is -2.29. The number of rotatable bonds is 7. The number of ether oxygens (including phenoxy) is 1. The molecule has 12 aromatic rings. The van der Waals surface area contributed by atoms with Crippen LogP contribution in [-0.4, -0.2) is 14.1 Å². The number of hydrogen-bond acceptors (Lipinski definition) is 2. The van der Waals surface area contributed by atoms with Gasteiger partial charge >= 0.3 is 0 Å². The van der Waals surface area contributed by atoms with Gasteiger partial charge in [-0.1, -0.05) is 154 Å². The number of nitrogens with zero attached hydrogens (tertiary/aromatic N) is 4. The largest absolute Gasteiger partial charge is 0.458 e. The smallest absolute Gasteiger partial charge is 0.269 e. The van der Waals surface area contributed by atoms with Crippen LogP contribution in [0.3, 0.4) is 0 Å². The van der Waals surface area contributed by atoms with Gasteiger partial charge in [0.1, 0.15) is 17.3 Å². The minimum absolute atomic E-state index is 0.0192. The highest BCUT2D eigenvalue weighted by molar-refractivity contribution is 6.09. The monoisotopic (exact) mass is 996 g/mol. The Morgan fingerprint density at radius 2 is 1.01 bits per heavy atom. The number of benzene rings is 9. The summed E-state index contributed by atoms with van der Waals surface area (Å²) >= 11 is 0. The van der Waals surface area contributed by atoms with E-state index in [0.717, 1.165) is 108 Å². The second kappa shape index (κ2) is 19.1. The Balaban J connectivity index is 0.881. The van der Waals surface area contributed by atoms with Gasteiger partial charge in [-0.2, -0.15) is 0 Å². The minimum Gasteiger partial charge on any atom is -0.458 e. The summed E-state index contributed by atoms with van der Waals surface area (Å²) in [7, 11) is 0. The van der Waals surface area contributed by atoms with Crippen LogP contribution in [0, 0.1) is 6.33 Å². The molecule has 0 spiro atoms. The number of para-hydroxylation sites is 3. The minimum atomic E-state index is -0.0192. The van der Waals surface area contributed by atoms with E-state index in [0.29, 0.717) is 0 Å². The summed E-state index contributed by atoms with van der Waals surface area (Å²) in [5, 5.41) is 2.34.